The lowest BCUT2D eigenvalue weighted by Gasteiger charge is -2.14. The predicted octanol–water partition coefficient (Wildman–Crippen LogP) is 6.35. The Labute approximate surface area is 199 Å². The predicted molar refractivity (Wildman–Crippen MR) is 135 cm³/mol. The van der Waals surface area contributed by atoms with Gasteiger partial charge in [-0.25, -0.2) is 4.99 Å². The van der Waals surface area contributed by atoms with Crippen molar-refractivity contribution in [2.45, 2.75) is 26.3 Å². The van der Waals surface area contributed by atoms with Gasteiger partial charge < -0.3 is 15.2 Å². The van der Waals surface area contributed by atoms with Gasteiger partial charge in [-0.1, -0.05) is 30.9 Å². The van der Waals surface area contributed by atoms with Gasteiger partial charge in [0.15, 0.2) is 0 Å². The Morgan fingerprint density at radius 3 is 2.85 bits per heavy atom. The fourth-order valence-corrected chi connectivity index (χ4v) is 4.46. The van der Waals surface area contributed by atoms with Gasteiger partial charge in [0.1, 0.15) is 5.82 Å². The topological polar surface area (TPSA) is 84.5 Å². The van der Waals surface area contributed by atoms with Gasteiger partial charge in [0.05, 0.1) is 27.5 Å². The molecule has 4 rings (SSSR count). The van der Waals surface area contributed by atoms with Gasteiger partial charge in [-0.3, -0.25) is 10.1 Å². The number of hydrogen-bond acceptors (Lipinski definition) is 5. The molecule has 0 amide bonds. The minimum absolute atomic E-state index is 0.258. The van der Waals surface area contributed by atoms with Gasteiger partial charge in [-0.15, -0.1) is 0 Å². The number of aryl methyl sites for hydroxylation is 2. The van der Waals surface area contributed by atoms with Crippen LogP contribution in [-0.4, -0.2) is 22.2 Å². The smallest absolute Gasteiger partial charge is 0.307 e. The van der Waals surface area contributed by atoms with Crippen molar-refractivity contribution in [3.63, 3.8) is 0 Å². The summed E-state index contributed by atoms with van der Waals surface area (Å²) in [4.78, 5) is 15.2. The Morgan fingerprint density at radius 1 is 1.36 bits per heavy atom. The number of nitrogens with zero attached hydrogens (tertiary/aromatic N) is 3. The summed E-state index contributed by atoms with van der Waals surface area (Å²) < 4.78 is 17.1. The molecule has 0 atom stereocenters. The molecule has 0 spiro atoms. The summed E-state index contributed by atoms with van der Waals surface area (Å²) in [6.45, 7) is 6.84. The van der Waals surface area contributed by atoms with Crippen LogP contribution in [-0.2, 0) is 13.0 Å². The monoisotopic (exact) mass is 511 g/mol. The molecule has 0 saturated carbocycles. The number of nitro groups is 1. The van der Waals surface area contributed by atoms with Crippen LogP contribution in [0.2, 0.25) is 0 Å². The van der Waals surface area contributed by atoms with Crippen molar-refractivity contribution in [1.29, 1.82) is 0 Å². The Kier molecular flexibility index (Phi) is 6.33. The second-order valence-corrected chi connectivity index (χ2v) is 8.53. The Morgan fingerprint density at radius 2 is 2.15 bits per heavy atom. The van der Waals surface area contributed by atoms with Crippen molar-refractivity contribution in [3.8, 4) is 0 Å². The van der Waals surface area contributed by atoms with Crippen LogP contribution in [0.3, 0.4) is 0 Å². The molecule has 1 aliphatic rings. The van der Waals surface area contributed by atoms with E-state index in [1.54, 1.807) is 7.05 Å². The number of aliphatic imine (C=N–C) groups is 1. The quantitative estimate of drug-likeness (QED) is 0.220. The lowest BCUT2D eigenvalue weighted by molar-refractivity contribution is -0.387. The standard InChI is InChI=1S/C24H23BrFN5O2/c1-4-18(25)23(17-13-30-10-6-8-15-7-5-9-16(17)24(15)30)29-14(2)28-21-12-22(31(32)33)19(26)11-20(21)27-3/h4-5,7,9,11-13,27-28H,2,6,8,10H2,1,3H3/b18-4+,29-23-. The summed E-state index contributed by atoms with van der Waals surface area (Å²) in [6.07, 6.45) is 6.14. The number of rotatable bonds is 7. The zero-order valence-corrected chi connectivity index (χ0v) is 19.9. The molecule has 0 saturated heterocycles. The van der Waals surface area contributed by atoms with Crippen molar-refractivity contribution in [1.82, 2.24) is 4.57 Å². The van der Waals surface area contributed by atoms with Crippen LogP contribution >= 0.6 is 15.9 Å². The second kappa shape index (κ2) is 9.19. The summed E-state index contributed by atoms with van der Waals surface area (Å²) >= 11 is 3.61. The van der Waals surface area contributed by atoms with E-state index in [0.717, 1.165) is 47.0 Å². The number of halogens is 2. The molecule has 2 aromatic carbocycles. The van der Waals surface area contributed by atoms with Gasteiger partial charge >= 0.3 is 5.69 Å². The molecule has 1 aromatic heterocycles. The van der Waals surface area contributed by atoms with E-state index in [9.17, 15) is 14.5 Å². The van der Waals surface area contributed by atoms with Crippen molar-refractivity contribution >= 4 is 49.6 Å². The number of nitrogens with one attached hydrogen (secondary N) is 2. The highest BCUT2D eigenvalue weighted by Gasteiger charge is 2.21. The maximum Gasteiger partial charge on any atom is 0.307 e. The van der Waals surface area contributed by atoms with Gasteiger partial charge in [0.2, 0.25) is 5.82 Å². The third-order valence-electron chi connectivity index (χ3n) is 5.64. The summed E-state index contributed by atoms with van der Waals surface area (Å²) in [5.74, 6) is -0.663. The molecule has 0 aliphatic carbocycles. The number of anilines is 2. The van der Waals surface area contributed by atoms with Gasteiger partial charge in [-0.2, -0.15) is 4.39 Å². The first-order chi connectivity index (χ1) is 15.8. The van der Waals surface area contributed by atoms with Crippen molar-refractivity contribution in [3.05, 3.63) is 86.5 Å². The normalized spacial score (nSPS) is 13.8. The van der Waals surface area contributed by atoms with Crippen LogP contribution in [0.1, 0.15) is 24.5 Å². The molecule has 2 N–H and O–H groups in total. The van der Waals surface area contributed by atoms with Crippen LogP contribution in [0.4, 0.5) is 21.5 Å². The van der Waals surface area contributed by atoms with E-state index >= 15 is 0 Å². The fourth-order valence-electron chi connectivity index (χ4n) is 4.15. The third kappa shape index (κ3) is 4.28. The Hall–Kier alpha value is -3.46. The maximum atomic E-state index is 14.0. The minimum Gasteiger partial charge on any atom is -0.386 e. The van der Waals surface area contributed by atoms with E-state index in [-0.39, 0.29) is 5.82 Å². The first-order valence-electron chi connectivity index (χ1n) is 10.5. The van der Waals surface area contributed by atoms with Gasteiger partial charge in [0, 0.05) is 47.4 Å². The molecule has 9 heteroatoms. The average Bonchev–Trinajstić information content (AvgIpc) is 3.18. The maximum absolute atomic E-state index is 14.0. The largest absolute Gasteiger partial charge is 0.386 e. The number of para-hydroxylation sites is 1. The van der Waals surface area contributed by atoms with Crippen LogP contribution in [0.25, 0.3) is 10.9 Å². The lowest BCUT2D eigenvalue weighted by Crippen LogP contribution is -2.07. The SMILES string of the molecule is C=C(/N=C(\C(Br)=C/C)c1cn2c3c(cccc13)CCC2)Nc1cc([N+](=O)[O-])c(F)cc1NC. The van der Waals surface area contributed by atoms with E-state index in [1.165, 1.54) is 11.1 Å². The molecular weight excluding hydrogens is 489 g/mol. The number of benzene rings is 2. The molecule has 7 nitrogen and oxygen atoms in total. The number of aromatic nitrogens is 1. The molecular formula is C24H23BrFN5O2. The van der Waals surface area contributed by atoms with Gasteiger partial charge in [-0.05, 0) is 41.3 Å². The first kappa shape index (κ1) is 22.7. The van der Waals surface area contributed by atoms with Gasteiger partial charge in [0.25, 0.3) is 0 Å². The Balaban J connectivity index is 1.77. The first-order valence-corrected chi connectivity index (χ1v) is 11.3. The highest BCUT2D eigenvalue weighted by Crippen LogP contribution is 2.33. The van der Waals surface area contributed by atoms with Crippen molar-refractivity contribution in [2.24, 2.45) is 4.99 Å². The Bertz CT molecular complexity index is 1340. The summed E-state index contributed by atoms with van der Waals surface area (Å²) in [7, 11) is 1.60. The van der Waals surface area contributed by atoms with E-state index in [0.29, 0.717) is 17.1 Å². The number of allylic oxidation sites excluding steroid dienone is 2. The highest BCUT2D eigenvalue weighted by atomic mass is 79.9. The molecule has 170 valence electrons. The highest BCUT2D eigenvalue weighted by molar-refractivity contribution is 9.12. The molecule has 3 aromatic rings. The van der Waals surface area contributed by atoms with E-state index in [1.807, 2.05) is 13.0 Å². The minimum atomic E-state index is -0.921. The van der Waals surface area contributed by atoms with Crippen LogP contribution < -0.4 is 10.6 Å². The van der Waals surface area contributed by atoms with E-state index in [4.69, 9.17) is 4.99 Å². The molecule has 0 bridgehead atoms. The van der Waals surface area contributed by atoms with Crippen LogP contribution in [0, 0.1) is 15.9 Å². The van der Waals surface area contributed by atoms with Crippen LogP contribution in [0.5, 0.6) is 0 Å². The zero-order chi connectivity index (χ0) is 23.7. The van der Waals surface area contributed by atoms with Crippen molar-refractivity contribution in [2.75, 3.05) is 17.7 Å². The summed E-state index contributed by atoms with van der Waals surface area (Å²) in [5, 5.41) is 18.1. The van der Waals surface area contributed by atoms with E-state index < -0.39 is 16.4 Å². The average molecular weight is 512 g/mol. The van der Waals surface area contributed by atoms with Crippen LogP contribution in [0.15, 0.2) is 64.5 Å². The third-order valence-corrected chi connectivity index (χ3v) is 6.47. The molecule has 1 aliphatic heterocycles. The molecule has 2 heterocycles. The molecule has 0 radical (unpaired) electrons. The lowest BCUT2D eigenvalue weighted by atomic mass is 10.0. The molecule has 0 unspecified atom stereocenters. The fraction of sp³-hybridized carbons (Fsp3) is 0.208. The number of hydrogen-bond donors (Lipinski definition) is 2. The second-order valence-electron chi connectivity index (χ2n) is 7.68. The summed E-state index contributed by atoms with van der Waals surface area (Å²) in [6, 6.07) is 8.50. The molecule has 33 heavy (non-hydrogen) atoms. The van der Waals surface area contributed by atoms with Crippen molar-refractivity contribution < 1.29 is 9.31 Å². The number of nitro benzene ring substituents is 1. The van der Waals surface area contributed by atoms with E-state index in [2.05, 4.69) is 62.1 Å². The molecule has 0 fully saturated rings. The summed E-state index contributed by atoms with van der Waals surface area (Å²) in [5.41, 5.74) is 4.20. The zero-order valence-electron chi connectivity index (χ0n) is 18.3.